The maximum absolute atomic E-state index is 5.44. The van der Waals surface area contributed by atoms with Gasteiger partial charge in [0.15, 0.2) is 0 Å². The zero-order valence-electron chi connectivity index (χ0n) is 12.8. The Kier molecular flexibility index (Phi) is 7.53. The molecular weight excluding hydrogens is 236 g/mol. The van der Waals surface area contributed by atoms with Crippen molar-refractivity contribution in [1.29, 1.82) is 0 Å². The Balaban J connectivity index is 2.23. The molecule has 0 aliphatic rings. The van der Waals surface area contributed by atoms with Crippen molar-refractivity contribution >= 4 is 0 Å². The molecule has 0 atom stereocenters. The van der Waals surface area contributed by atoms with Crippen molar-refractivity contribution in [2.75, 3.05) is 33.3 Å². The van der Waals surface area contributed by atoms with Crippen LogP contribution in [0.2, 0.25) is 0 Å². The summed E-state index contributed by atoms with van der Waals surface area (Å²) in [6.07, 6.45) is 1.09. The van der Waals surface area contributed by atoms with Gasteiger partial charge in [-0.2, -0.15) is 0 Å². The fourth-order valence-corrected chi connectivity index (χ4v) is 1.89. The summed E-state index contributed by atoms with van der Waals surface area (Å²) in [5.74, 6) is 0.959. The van der Waals surface area contributed by atoms with Crippen molar-refractivity contribution in [3.8, 4) is 5.75 Å². The van der Waals surface area contributed by atoms with Gasteiger partial charge in [-0.1, -0.05) is 26.0 Å². The van der Waals surface area contributed by atoms with E-state index in [9.17, 15) is 0 Å². The number of benzene rings is 1. The van der Waals surface area contributed by atoms with E-state index in [0.717, 1.165) is 38.4 Å². The van der Waals surface area contributed by atoms with Gasteiger partial charge in [0.2, 0.25) is 0 Å². The molecule has 0 saturated heterocycles. The summed E-state index contributed by atoms with van der Waals surface area (Å²) in [6.45, 7) is 10.3. The van der Waals surface area contributed by atoms with Crippen molar-refractivity contribution in [2.24, 2.45) is 0 Å². The molecule has 0 heterocycles. The van der Waals surface area contributed by atoms with Crippen LogP contribution in [0.4, 0.5) is 0 Å². The number of nitrogens with one attached hydrogen (secondary N) is 1. The summed E-state index contributed by atoms with van der Waals surface area (Å²) in [6, 6.07) is 8.99. The van der Waals surface area contributed by atoms with E-state index < -0.39 is 0 Å². The first kappa shape index (κ1) is 16.0. The molecule has 3 heteroatoms. The number of hydrogen-bond donors (Lipinski definition) is 1. The molecule has 0 bridgehead atoms. The van der Waals surface area contributed by atoms with E-state index in [1.54, 1.807) is 0 Å². The minimum Gasteiger partial charge on any atom is -0.494 e. The highest BCUT2D eigenvalue weighted by atomic mass is 16.5. The van der Waals surface area contributed by atoms with Crippen molar-refractivity contribution in [1.82, 2.24) is 10.2 Å². The summed E-state index contributed by atoms with van der Waals surface area (Å²) >= 11 is 0. The van der Waals surface area contributed by atoms with Gasteiger partial charge in [-0.3, -0.25) is 0 Å². The Bertz CT molecular complexity index is 335. The maximum atomic E-state index is 5.44. The van der Waals surface area contributed by atoms with E-state index in [0.29, 0.717) is 6.04 Å². The predicted molar refractivity (Wildman–Crippen MR) is 82.0 cm³/mol. The summed E-state index contributed by atoms with van der Waals surface area (Å²) in [4.78, 5) is 2.37. The molecule has 0 amide bonds. The molecule has 1 rings (SSSR count). The minimum atomic E-state index is 0.569. The molecule has 108 valence electrons. The Morgan fingerprint density at radius 2 is 1.84 bits per heavy atom. The third kappa shape index (κ3) is 7.19. The molecule has 0 radical (unpaired) electrons. The molecule has 0 aromatic heterocycles. The Hall–Kier alpha value is -1.06. The van der Waals surface area contributed by atoms with E-state index in [-0.39, 0.29) is 0 Å². The van der Waals surface area contributed by atoms with Crippen molar-refractivity contribution < 1.29 is 4.74 Å². The van der Waals surface area contributed by atoms with Crippen LogP contribution in [-0.4, -0.2) is 44.2 Å². The number of nitrogens with zero attached hydrogens (tertiary/aromatic N) is 1. The molecule has 19 heavy (non-hydrogen) atoms. The van der Waals surface area contributed by atoms with E-state index >= 15 is 0 Å². The fraction of sp³-hybridized carbons (Fsp3) is 0.625. The predicted octanol–water partition coefficient (Wildman–Crippen LogP) is 2.56. The van der Waals surface area contributed by atoms with Gasteiger partial charge in [-0.05, 0) is 38.1 Å². The van der Waals surface area contributed by atoms with E-state index in [1.165, 1.54) is 5.56 Å². The standard InChI is InChI=1S/C16H28N2O/c1-5-19-16-8-6-15(7-9-16)10-12-18(4)13-11-17-14(2)3/h6-9,14,17H,5,10-13H2,1-4H3. The van der Waals surface area contributed by atoms with Gasteiger partial charge < -0.3 is 15.0 Å². The first-order chi connectivity index (χ1) is 9.11. The molecule has 3 nitrogen and oxygen atoms in total. The lowest BCUT2D eigenvalue weighted by atomic mass is 10.1. The highest BCUT2D eigenvalue weighted by Gasteiger charge is 2.01. The molecule has 0 aliphatic heterocycles. The third-order valence-corrected chi connectivity index (χ3v) is 3.06. The lowest BCUT2D eigenvalue weighted by Gasteiger charge is -2.18. The Labute approximate surface area is 118 Å². The van der Waals surface area contributed by atoms with E-state index in [1.807, 2.05) is 6.92 Å². The SMILES string of the molecule is CCOc1ccc(CCN(C)CCNC(C)C)cc1. The first-order valence-corrected chi connectivity index (χ1v) is 7.25. The van der Waals surface area contributed by atoms with Crippen molar-refractivity contribution in [2.45, 2.75) is 33.2 Å². The van der Waals surface area contributed by atoms with Gasteiger partial charge >= 0.3 is 0 Å². The molecule has 0 saturated carbocycles. The summed E-state index contributed by atoms with van der Waals surface area (Å²) < 4.78 is 5.44. The smallest absolute Gasteiger partial charge is 0.119 e. The minimum absolute atomic E-state index is 0.569. The molecule has 1 aromatic carbocycles. The quantitative estimate of drug-likeness (QED) is 0.742. The van der Waals surface area contributed by atoms with Gasteiger partial charge in [0.1, 0.15) is 5.75 Å². The van der Waals surface area contributed by atoms with E-state index in [4.69, 9.17) is 4.74 Å². The molecular formula is C16H28N2O. The third-order valence-electron chi connectivity index (χ3n) is 3.06. The van der Waals surface area contributed by atoms with Crippen LogP contribution in [0, 0.1) is 0 Å². The molecule has 0 fully saturated rings. The second-order valence-electron chi connectivity index (χ2n) is 5.24. The van der Waals surface area contributed by atoms with Gasteiger partial charge in [-0.15, -0.1) is 0 Å². The van der Waals surface area contributed by atoms with Gasteiger partial charge in [-0.25, -0.2) is 0 Å². The van der Waals surface area contributed by atoms with Gasteiger partial charge in [0, 0.05) is 25.7 Å². The first-order valence-electron chi connectivity index (χ1n) is 7.25. The summed E-state index contributed by atoms with van der Waals surface area (Å²) in [7, 11) is 2.18. The van der Waals surface area contributed by atoms with Crippen LogP contribution in [0.5, 0.6) is 5.75 Å². The Morgan fingerprint density at radius 3 is 2.42 bits per heavy atom. The Morgan fingerprint density at radius 1 is 1.16 bits per heavy atom. The van der Waals surface area contributed by atoms with Crippen LogP contribution >= 0.6 is 0 Å². The van der Waals surface area contributed by atoms with Crippen LogP contribution in [-0.2, 0) is 6.42 Å². The van der Waals surface area contributed by atoms with Crippen LogP contribution in [0.25, 0.3) is 0 Å². The lowest BCUT2D eigenvalue weighted by Crippen LogP contribution is -2.33. The average molecular weight is 264 g/mol. The largest absolute Gasteiger partial charge is 0.494 e. The number of rotatable bonds is 9. The number of ether oxygens (including phenoxy) is 1. The molecule has 1 aromatic rings. The van der Waals surface area contributed by atoms with Crippen molar-refractivity contribution in [3.05, 3.63) is 29.8 Å². The zero-order valence-corrected chi connectivity index (χ0v) is 12.8. The maximum Gasteiger partial charge on any atom is 0.119 e. The van der Waals surface area contributed by atoms with E-state index in [2.05, 4.69) is 55.4 Å². The second kappa shape index (κ2) is 8.94. The monoisotopic (exact) mass is 264 g/mol. The fourth-order valence-electron chi connectivity index (χ4n) is 1.89. The normalized spacial score (nSPS) is 11.3. The highest BCUT2D eigenvalue weighted by Crippen LogP contribution is 2.12. The zero-order chi connectivity index (χ0) is 14.1. The number of hydrogen-bond acceptors (Lipinski definition) is 3. The molecule has 0 unspecified atom stereocenters. The number of likely N-dealkylation sites (N-methyl/N-ethyl adjacent to an activating group) is 1. The molecule has 0 aliphatic carbocycles. The van der Waals surface area contributed by atoms with Crippen LogP contribution < -0.4 is 10.1 Å². The van der Waals surface area contributed by atoms with Crippen LogP contribution in [0.15, 0.2) is 24.3 Å². The highest BCUT2D eigenvalue weighted by molar-refractivity contribution is 5.27. The lowest BCUT2D eigenvalue weighted by molar-refractivity contribution is 0.330. The molecule has 1 N–H and O–H groups in total. The summed E-state index contributed by atoms with van der Waals surface area (Å²) in [5.41, 5.74) is 1.37. The topological polar surface area (TPSA) is 24.5 Å². The molecule has 0 spiro atoms. The summed E-state index contributed by atoms with van der Waals surface area (Å²) in [5, 5.41) is 3.44. The van der Waals surface area contributed by atoms with Crippen molar-refractivity contribution in [3.63, 3.8) is 0 Å². The van der Waals surface area contributed by atoms with Gasteiger partial charge in [0.25, 0.3) is 0 Å². The van der Waals surface area contributed by atoms with Crippen LogP contribution in [0.3, 0.4) is 0 Å². The average Bonchev–Trinajstić information content (AvgIpc) is 2.38. The van der Waals surface area contributed by atoms with Crippen LogP contribution in [0.1, 0.15) is 26.3 Å². The van der Waals surface area contributed by atoms with Gasteiger partial charge in [0.05, 0.1) is 6.61 Å². The second-order valence-corrected chi connectivity index (χ2v) is 5.24.